The summed E-state index contributed by atoms with van der Waals surface area (Å²) in [6, 6.07) is 15.1. The maximum Gasteiger partial charge on any atom is 0.0430 e. The van der Waals surface area contributed by atoms with Crippen LogP contribution in [0.25, 0.3) is 0 Å². The van der Waals surface area contributed by atoms with Crippen molar-refractivity contribution >= 4 is 11.4 Å². The topological polar surface area (TPSA) is 15.3 Å². The molecule has 2 nitrogen and oxygen atoms in total. The molecule has 0 aliphatic carbocycles. The molecule has 106 valence electrons. The quantitative estimate of drug-likeness (QED) is 0.866. The summed E-state index contributed by atoms with van der Waals surface area (Å²) in [4.78, 5) is 2.21. The molecule has 0 unspecified atom stereocenters. The normalized spacial score (nSPS) is 10.8. The molecular weight excluding hydrogens is 244 g/mol. The molecule has 0 saturated heterocycles. The zero-order valence-electron chi connectivity index (χ0n) is 12.9. The number of anilines is 2. The fraction of sp³-hybridized carbons (Fsp3) is 0.333. The number of benzene rings is 2. The Balaban J connectivity index is 2.33. The minimum absolute atomic E-state index is 0.946. The molecule has 0 saturated carbocycles. The van der Waals surface area contributed by atoms with E-state index in [4.69, 9.17) is 0 Å². The molecule has 2 rings (SSSR count). The van der Waals surface area contributed by atoms with Gasteiger partial charge in [0.25, 0.3) is 0 Å². The number of hydrogen-bond acceptors (Lipinski definition) is 2. The monoisotopic (exact) mass is 268 g/mol. The van der Waals surface area contributed by atoms with Gasteiger partial charge in [0.15, 0.2) is 0 Å². The van der Waals surface area contributed by atoms with Crippen molar-refractivity contribution in [2.24, 2.45) is 0 Å². The predicted molar refractivity (Wildman–Crippen MR) is 87.7 cm³/mol. The van der Waals surface area contributed by atoms with Crippen molar-refractivity contribution in [1.82, 2.24) is 4.90 Å². The summed E-state index contributed by atoms with van der Waals surface area (Å²) in [7, 11) is 4.21. The second-order valence-electron chi connectivity index (χ2n) is 5.52. The van der Waals surface area contributed by atoms with Crippen LogP contribution in [-0.4, -0.2) is 19.0 Å². The van der Waals surface area contributed by atoms with Crippen LogP contribution in [0.3, 0.4) is 0 Å². The average molecular weight is 268 g/mol. The highest BCUT2D eigenvalue weighted by molar-refractivity contribution is 5.66. The highest BCUT2D eigenvalue weighted by atomic mass is 15.1. The first kappa shape index (κ1) is 14.6. The largest absolute Gasteiger partial charge is 0.355 e. The van der Waals surface area contributed by atoms with E-state index in [0.717, 1.165) is 13.0 Å². The van der Waals surface area contributed by atoms with E-state index in [-0.39, 0.29) is 0 Å². The van der Waals surface area contributed by atoms with Crippen molar-refractivity contribution in [2.45, 2.75) is 26.8 Å². The zero-order chi connectivity index (χ0) is 14.5. The van der Waals surface area contributed by atoms with E-state index < -0.39 is 0 Å². The van der Waals surface area contributed by atoms with Gasteiger partial charge < -0.3 is 10.2 Å². The van der Waals surface area contributed by atoms with Crippen LogP contribution >= 0.6 is 0 Å². The van der Waals surface area contributed by atoms with Crippen molar-refractivity contribution in [3.63, 3.8) is 0 Å². The maximum atomic E-state index is 3.57. The van der Waals surface area contributed by atoms with Crippen LogP contribution in [0.4, 0.5) is 11.4 Å². The standard InChI is InChI=1S/C18H24N2/c1-5-15-10-11-18(16(12-15)13-20(3)4)19-17-9-7-6-8-14(17)2/h6-12,19H,5,13H2,1-4H3. The SMILES string of the molecule is CCc1ccc(Nc2ccccc2C)c(CN(C)C)c1. The molecule has 0 atom stereocenters. The first-order valence-corrected chi connectivity index (χ1v) is 7.19. The summed E-state index contributed by atoms with van der Waals surface area (Å²) in [6.07, 6.45) is 1.07. The minimum Gasteiger partial charge on any atom is -0.355 e. The molecule has 0 spiro atoms. The van der Waals surface area contributed by atoms with E-state index in [2.05, 4.69) is 80.6 Å². The van der Waals surface area contributed by atoms with E-state index in [9.17, 15) is 0 Å². The molecular formula is C18H24N2. The second kappa shape index (κ2) is 6.58. The molecule has 0 bridgehead atoms. The van der Waals surface area contributed by atoms with E-state index in [1.165, 1.54) is 28.1 Å². The third kappa shape index (κ3) is 3.61. The average Bonchev–Trinajstić information content (AvgIpc) is 2.42. The van der Waals surface area contributed by atoms with Gasteiger partial charge in [-0.25, -0.2) is 0 Å². The van der Waals surface area contributed by atoms with Crippen molar-refractivity contribution in [3.8, 4) is 0 Å². The van der Waals surface area contributed by atoms with Crippen LogP contribution < -0.4 is 5.32 Å². The van der Waals surface area contributed by atoms with E-state index in [1.807, 2.05) is 0 Å². The summed E-state index contributed by atoms with van der Waals surface area (Å²) in [6.45, 7) is 5.28. The van der Waals surface area contributed by atoms with Gasteiger partial charge in [0.05, 0.1) is 0 Å². The van der Waals surface area contributed by atoms with Gasteiger partial charge in [0.2, 0.25) is 0 Å². The summed E-state index contributed by atoms with van der Waals surface area (Å²) in [5, 5.41) is 3.57. The Morgan fingerprint density at radius 3 is 2.40 bits per heavy atom. The summed E-state index contributed by atoms with van der Waals surface area (Å²) in [5.41, 5.74) is 6.37. The van der Waals surface area contributed by atoms with Gasteiger partial charge in [-0.15, -0.1) is 0 Å². The van der Waals surface area contributed by atoms with E-state index >= 15 is 0 Å². The predicted octanol–water partition coefficient (Wildman–Crippen LogP) is 4.36. The van der Waals surface area contributed by atoms with Gasteiger partial charge in [-0.2, -0.15) is 0 Å². The molecule has 20 heavy (non-hydrogen) atoms. The minimum atomic E-state index is 0.946. The lowest BCUT2D eigenvalue weighted by molar-refractivity contribution is 0.403. The van der Waals surface area contributed by atoms with Crippen molar-refractivity contribution in [2.75, 3.05) is 19.4 Å². The fourth-order valence-electron chi connectivity index (χ4n) is 2.32. The summed E-state index contributed by atoms with van der Waals surface area (Å²) >= 11 is 0. The molecule has 0 fully saturated rings. The molecule has 1 N–H and O–H groups in total. The lowest BCUT2D eigenvalue weighted by Crippen LogP contribution is -2.12. The van der Waals surface area contributed by atoms with Gasteiger partial charge in [0.1, 0.15) is 0 Å². The molecule has 0 aliphatic heterocycles. The highest BCUT2D eigenvalue weighted by Crippen LogP contribution is 2.25. The fourth-order valence-corrected chi connectivity index (χ4v) is 2.32. The number of hydrogen-bond donors (Lipinski definition) is 1. The lowest BCUT2D eigenvalue weighted by atomic mass is 10.1. The van der Waals surface area contributed by atoms with E-state index in [0.29, 0.717) is 0 Å². The summed E-state index contributed by atoms with van der Waals surface area (Å²) < 4.78 is 0. The Morgan fingerprint density at radius 2 is 1.75 bits per heavy atom. The molecule has 0 aromatic heterocycles. The Labute approximate surface area is 122 Å². The van der Waals surface area contributed by atoms with Crippen LogP contribution in [0.5, 0.6) is 0 Å². The molecule has 0 radical (unpaired) electrons. The number of aryl methyl sites for hydroxylation is 2. The second-order valence-corrected chi connectivity index (χ2v) is 5.52. The van der Waals surface area contributed by atoms with Gasteiger partial charge in [-0.3, -0.25) is 0 Å². The zero-order valence-corrected chi connectivity index (χ0v) is 12.9. The highest BCUT2D eigenvalue weighted by Gasteiger charge is 2.06. The molecule has 0 aliphatic rings. The van der Waals surface area contributed by atoms with Gasteiger partial charge >= 0.3 is 0 Å². The smallest absolute Gasteiger partial charge is 0.0430 e. The lowest BCUT2D eigenvalue weighted by Gasteiger charge is -2.18. The van der Waals surface area contributed by atoms with Crippen molar-refractivity contribution in [1.29, 1.82) is 0 Å². The maximum absolute atomic E-state index is 3.57. The first-order chi connectivity index (χ1) is 9.60. The molecule has 0 heterocycles. The van der Waals surface area contributed by atoms with Crippen LogP contribution in [0, 0.1) is 6.92 Å². The third-order valence-electron chi connectivity index (χ3n) is 3.48. The number of para-hydroxylation sites is 1. The van der Waals surface area contributed by atoms with Crippen molar-refractivity contribution in [3.05, 3.63) is 59.2 Å². The number of rotatable bonds is 5. The Morgan fingerprint density at radius 1 is 1.00 bits per heavy atom. The Kier molecular flexibility index (Phi) is 4.80. The first-order valence-electron chi connectivity index (χ1n) is 7.19. The van der Waals surface area contributed by atoms with Crippen molar-refractivity contribution < 1.29 is 0 Å². The van der Waals surface area contributed by atoms with Gasteiger partial charge in [-0.05, 0) is 56.3 Å². The Bertz CT molecular complexity index is 573. The number of nitrogens with one attached hydrogen (secondary N) is 1. The molecule has 0 amide bonds. The molecule has 2 aromatic carbocycles. The number of nitrogens with zero attached hydrogens (tertiary/aromatic N) is 1. The van der Waals surface area contributed by atoms with Crippen LogP contribution in [0.1, 0.15) is 23.6 Å². The van der Waals surface area contributed by atoms with E-state index in [1.54, 1.807) is 0 Å². The van der Waals surface area contributed by atoms with Crippen LogP contribution in [0.15, 0.2) is 42.5 Å². The molecule has 2 heteroatoms. The van der Waals surface area contributed by atoms with Gasteiger partial charge in [-0.1, -0.05) is 37.3 Å². The molecule has 2 aromatic rings. The third-order valence-corrected chi connectivity index (χ3v) is 3.48. The van der Waals surface area contributed by atoms with Gasteiger partial charge in [0, 0.05) is 17.9 Å². The van der Waals surface area contributed by atoms with Crippen LogP contribution in [-0.2, 0) is 13.0 Å². The Hall–Kier alpha value is -1.80. The summed E-state index contributed by atoms with van der Waals surface area (Å²) in [5.74, 6) is 0. The van der Waals surface area contributed by atoms with Crippen LogP contribution in [0.2, 0.25) is 0 Å².